The van der Waals surface area contributed by atoms with Gasteiger partial charge in [-0.1, -0.05) is 12.1 Å². The van der Waals surface area contributed by atoms with Crippen LogP contribution < -0.4 is 5.32 Å². The summed E-state index contributed by atoms with van der Waals surface area (Å²) in [5, 5.41) is 3.81. The number of aromatic nitrogens is 1. The number of hydrogen-bond acceptors (Lipinski definition) is 5. The van der Waals surface area contributed by atoms with Crippen LogP contribution in [0.5, 0.6) is 0 Å². The summed E-state index contributed by atoms with van der Waals surface area (Å²) in [6.07, 6.45) is 3.60. The molecule has 0 saturated heterocycles. The average molecular weight is 344 g/mol. The number of nitrogens with one attached hydrogen (secondary N) is 1. The molecule has 1 amide bonds. The molecule has 6 heteroatoms. The summed E-state index contributed by atoms with van der Waals surface area (Å²) in [5.74, 6) is 0.686. The molecule has 0 aliphatic heterocycles. The fourth-order valence-electron chi connectivity index (χ4n) is 2.19. The molecule has 0 saturated carbocycles. The molecule has 4 nitrogen and oxygen atoms in total. The van der Waals surface area contributed by atoms with Crippen molar-refractivity contribution in [2.24, 2.45) is 0 Å². The van der Waals surface area contributed by atoms with Crippen LogP contribution in [0.25, 0.3) is 10.8 Å². The molecule has 118 valence electrons. The first-order chi connectivity index (χ1) is 11.2. The van der Waals surface area contributed by atoms with E-state index in [1.807, 2.05) is 49.6 Å². The number of aryl methyl sites for hydroxylation is 1. The maximum atomic E-state index is 12.4. The average Bonchev–Trinajstić information content (AvgIpc) is 3.22. The molecule has 0 unspecified atom stereocenters. The highest BCUT2D eigenvalue weighted by molar-refractivity contribution is 7.98. The Balaban J connectivity index is 1.72. The monoisotopic (exact) mass is 344 g/mol. The van der Waals surface area contributed by atoms with Crippen LogP contribution in [-0.2, 0) is 6.54 Å². The molecular weight excluding hydrogens is 328 g/mol. The first kappa shape index (κ1) is 15.8. The molecule has 0 spiro atoms. The highest BCUT2D eigenvalue weighted by Crippen LogP contribution is 2.28. The van der Waals surface area contributed by atoms with Gasteiger partial charge in [0, 0.05) is 9.77 Å². The van der Waals surface area contributed by atoms with Crippen LogP contribution in [0.15, 0.2) is 52.0 Å². The third-order valence-corrected chi connectivity index (χ3v) is 5.35. The minimum atomic E-state index is -0.0673. The van der Waals surface area contributed by atoms with E-state index in [9.17, 15) is 4.79 Å². The van der Waals surface area contributed by atoms with E-state index < -0.39 is 0 Å². The lowest BCUT2D eigenvalue weighted by atomic mass is 10.2. The van der Waals surface area contributed by atoms with Gasteiger partial charge < -0.3 is 9.73 Å². The zero-order valence-electron chi connectivity index (χ0n) is 12.8. The second kappa shape index (κ2) is 7.02. The Morgan fingerprint density at radius 1 is 1.30 bits per heavy atom. The van der Waals surface area contributed by atoms with Gasteiger partial charge in [-0.25, -0.2) is 4.98 Å². The number of benzene rings is 1. The van der Waals surface area contributed by atoms with Crippen LogP contribution in [0.2, 0.25) is 0 Å². The molecular formula is C17H16N2O2S2. The van der Waals surface area contributed by atoms with Gasteiger partial charge in [0.15, 0.2) is 10.8 Å². The van der Waals surface area contributed by atoms with Crippen molar-refractivity contribution in [3.8, 4) is 10.8 Å². The summed E-state index contributed by atoms with van der Waals surface area (Å²) in [6.45, 7) is 2.41. The molecule has 0 fully saturated rings. The van der Waals surface area contributed by atoms with Crippen LogP contribution in [-0.4, -0.2) is 17.1 Å². The summed E-state index contributed by atoms with van der Waals surface area (Å²) >= 11 is 3.11. The molecule has 0 bridgehead atoms. The topological polar surface area (TPSA) is 55.1 Å². The Labute approximate surface area is 142 Å². The van der Waals surface area contributed by atoms with E-state index >= 15 is 0 Å². The van der Waals surface area contributed by atoms with Gasteiger partial charge in [-0.2, -0.15) is 0 Å². The van der Waals surface area contributed by atoms with Crippen LogP contribution in [0, 0.1) is 6.92 Å². The van der Waals surface area contributed by atoms with Gasteiger partial charge in [-0.3, -0.25) is 4.79 Å². The van der Waals surface area contributed by atoms with E-state index in [1.54, 1.807) is 18.0 Å². The van der Waals surface area contributed by atoms with Gasteiger partial charge in [0.05, 0.1) is 24.1 Å². The molecule has 0 radical (unpaired) electrons. The first-order valence-corrected chi connectivity index (χ1v) is 9.14. The first-order valence-electron chi connectivity index (χ1n) is 7.10. The van der Waals surface area contributed by atoms with Crippen molar-refractivity contribution in [1.29, 1.82) is 0 Å². The fraction of sp³-hybridized carbons (Fsp3) is 0.176. The molecule has 0 atom stereocenters. The summed E-state index contributed by atoms with van der Waals surface area (Å²) < 4.78 is 5.37. The summed E-state index contributed by atoms with van der Waals surface area (Å²) in [6, 6.07) is 11.3. The van der Waals surface area contributed by atoms with Crippen LogP contribution in [0.4, 0.5) is 0 Å². The van der Waals surface area contributed by atoms with Crippen LogP contribution >= 0.6 is 23.1 Å². The number of carbonyl (C=O) groups excluding carboxylic acids is 1. The summed E-state index contributed by atoms with van der Waals surface area (Å²) in [5.41, 5.74) is 1.62. The Morgan fingerprint density at radius 3 is 2.87 bits per heavy atom. The molecule has 23 heavy (non-hydrogen) atoms. The lowest BCUT2D eigenvalue weighted by Gasteiger charge is -2.07. The van der Waals surface area contributed by atoms with Crippen molar-refractivity contribution in [3.05, 3.63) is 58.8 Å². The molecule has 1 N–H and O–H groups in total. The molecule has 3 rings (SSSR count). The Kier molecular flexibility index (Phi) is 4.83. The van der Waals surface area contributed by atoms with E-state index in [2.05, 4.69) is 10.3 Å². The van der Waals surface area contributed by atoms with E-state index in [-0.39, 0.29) is 5.91 Å². The van der Waals surface area contributed by atoms with Crippen LogP contribution in [0.1, 0.15) is 20.9 Å². The Hall–Kier alpha value is -2.05. The molecule has 2 aromatic heterocycles. The minimum Gasteiger partial charge on any atom is -0.462 e. The maximum absolute atomic E-state index is 12.4. The van der Waals surface area contributed by atoms with E-state index in [4.69, 9.17) is 4.42 Å². The predicted octanol–water partition coefficient (Wildman–Crippen LogP) is 4.36. The lowest BCUT2D eigenvalue weighted by Crippen LogP contribution is -2.23. The molecule has 1 aromatic carbocycles. The Bertz CT molecular complexity index is 810. The number of amides is 1. The Morgan fingerprint density at radius 2 is 2.13 bits per heavy atom. The number of thiazole rings is 1. The predicted molar refractivity (Wildman–Crippen MR) is 93.9 cm³/mol. The van der Waals surface area contributed by atoms with E-state index in [0.717, 1.165) is 26.2 Å². The third-order valence-electron chi connectivity index (χ3n) is 3.39. The van der Waals surface area contributed by atoms with Gasteiger partial charge in [0.2, 0.25) is 0 Å². The van der Waals surface area contributed by atoms with Crippen LogP contribution in [0.3, 0.4) is 0 Å². The van der Waals surface area contributed by atoms with E-state index in [1.165, 1.54) is 11.3 Å². The van der Waals surface area contributed by atoms with Crippen molar-refractivity contribution in [1.82, 2.24) is 10.3 Å². The SMILES string of the molecule is CSc1ccccc1C(=O)NCc1sc(-c2ccco2)nc1C. The zero-order chi connectivity index (χ0) is 16.2. The largest absolute Gasteiger partial charge is 0.462 e. The number of nitrogens with zero attached hydrogens (tertiary/aromatic N) is 1. The van der Waals surface area contributed by atoms with Crippen molar-refractivity contribution in [2.45, 2.75) is 18.4 Å². The fourth-order valence-corrected chi connectivity index (χ4v) is 3.75. The normalized spacial score (nSPS) is 10.7. The zero-order valence-corrected chi connectivity index (χ0v) is 14.5. The maximum Gasteiger partial charge on any atom is 0.252 e. The van der Waals surface area contributed by atoms with Gasteiger partial charge >= 0.3 is 0 Å². The quantitative estimate of drug-likeness (QED) is 0.699. The number of furan rings is 1. The molecule has 2 heterocycles. The smallest absolute Gasteiger partial charge is 0.252 e. The highest BCUT2D eigenvalue weighted by atomic mass is 32.2. The van der Waals surface area contributed by atoms with Gasteiger partial charge in [-0.05, 0) is 37.4 Å². The summed E-state index contributed by atoms with van der Waals surface area (Å²) in [7, 11) is 0. The van der Waals surface area contributed by atoms with E-state index in [0.29, 0.717) is 12.1 Å². The third kappa shape index (κ3) is 3.48. The van der Waals surface area contributed by atoms with Gasteiger partial charge in [0.1, 0.15) is 0 Å². The van der Waals surface area contributed by atoms with Crippen molar-refractivity contribution in [2.75, 3.05) is 6.26 Å². The lowest BCUT2D eigenvalue weighted by molar-refractivity contribution is 0.0948. The van der Waals surface area contributed by atoms with Crippen molar-refractivity contribution < 1.29 is 9.21 Å². The standard InChI is InChI=1S/C17H16N2O2S2/c1-11-15(23-17(19-11)13-7-5-9-21-13)10-18-16(20)12-6-3-4-8-14(12)22-2/h3-9H,10H2,1-2H3,(H,18,20). The van der Waals surface area contributed by atoms with Crippen molar-refractivity contribution >= 4 is 29.0 Å². The highest BCUT2D eigenvalue weighted by Gasteiger charge is 2.14. The number of thioether (sulfide) groups is 1. The van der Waals surface area contributed by atoms with Gasteiger partial charge in [-0.15, -0.1) is 23.1 Å². The number of carbonyl (C=O) groups is 1. The van der Waals surface area contributed by atoms with Crippen molar-refractivity contribution in [3.63, 3.8) is 0 Å². The van der Waals surface area contributed by atoms with Gasteiger partial charge in [0.25, 0.3) is 5.91 Å². The molecule has 3 aromatic rings. The minimum absolute atomic E-state index is 0.0673. The number of rotatable bonds is 5. The summed E-state index contributed by atoms with van der Waals surface area (Å²) in [4.78, 5) is 18.9. The molecule has 0 aliphatic carbocycles. The number of hydrogen-bond donors (Lipinski definition) is 1. The second-order valence-electron chi connectivity index (χ2n) is 4.89. The second-order valence-corrected chi connectivity index (χ2v) is 6.82. The molecule has 0 aliphatic rings.